The number of carbonyl (C=O) groups excluding carboxylic acids is 1. The number of hydrogen-bond donors (Lipinski definition) is 1. The molecule has 0 bridgehead atoms. The zero-order valence-corrected chi connectivity index (χ0v) is 7.39. The van der Waals surface area contributed by atoms with E-state index in [2.05, 4.69) is 12.2 Å². The number of rotatable bonds is 3. The second-order valence-electron chi connectivity index (χ2n) is 3.44. The van der Waals surface area contributed by atoms with Gasteiger partial charge in [0.2, 0.25) is 0 Å². The van der Waals surface area contributed by atoms with Crippen molar-refractivity contribution in [2.75, 3.05) is 6.54 Å². The van der Waals surface area contributed by atoms with Crippen molar-refractivity contribution in [1.82, 2.24) is 5.32 Å². The molecule has 1 rings (SSSR count). The molecule has 0 aromatic carbocycles. The zero-order chi connectivity index (χ0) is 8.27. The highest BCUT2D eigenvalue weighted by molar-refractivity contribution is 5.78. The predicted octanol–water partition coefficient (Wildman–Crippen LogP) is 1.35. The number of nitrogens with one attached hydrogen (secondary N) is 1. The Hall–Kier alpha value is -0.370. The third-order valence-corrected chi connectivity index (χ3v) is 2.43. The Bertz CT molecular complexity index is 144. The Morgan fingerprint density at radius 2 is 2.36 bits per heavy atom. The van der Waals surface area contributed by atoms with Crippen molar-refractivity contribution in [3.05, 3.63) is 0 Å². The lowest BCUT2D eigenvalue weighted by Gasteiger charge is -2.06. The summed E-state index contributed by atoms with van der Waals surface area (Å²) < 4.78 is 0. The first-order chi connectivity index (χ1) is 5.24. The van der Waals surface area contributed by atoms with E-state index in [1.807, 2.05) is 0 Å². The van der Waals surface area contributed by atoms with Gasteiger partial charge < -0.3 is 5.32 Å². The van der Waals surface area contributed by atoms with Crippen LogP contribution in [0.2, 0.25) is 0 Å². The van der Waals surface area contributed by atoms with E-state index >= 15 is 0 Å². The van der Waals surface area contributed by atoms with Crippen LogP contribution in [0, 0.1) is 5.92 Å². The van der Waals surface area contributed by atoms with Gasteiger partial charge in [0.05, 0.1) is 0 Å². The second-order valence-corrected chi connectivity index (χ2v) is 3.44. The van der Waals surface area contributed by atoms with Gasteiger partial charge in [-0.25, -0.2) is 0 Å². The molecule has 2 unspecified atom stereocenters. The minimum atomic E-state index is 0.298. The predicted molar refractivity (Wildman–Crippen MR) is 45.5 cm³/mol. The lowest BCUT2D eigenvalue weighted by molar-refractivity contribution is -0.120. The van der Waals surface area contributed by atoms with E-state index in [4.69, 9.17) is 0 Å². The smallest absolute Gasteiger partial charge is 0.134 e. The van der Waals surface area contributed by atoms with Gasteiger partial charge in [0.25, 0.3) is 0 Å². The molecule has 1 fully saturated rings. The normalized spacial score (nSPS) is 30.7. The van der Waals surface area contributed by atoms with Crippen LogP contribution in [-0.4, -0.2) is 18.4 Å². The van der Waals surface area contributed by atoms with Crippen molar-refractivity contribution < 1.29 is 4.79 Å². The Morgan fingerprint density at radius 1 is 1.64 bits per heavy atom. The fraction of sp³-hybridized carbons (Fsp3) is 0.889. The molecule has 11 heavy (non-hydrogen) atoms. The summed E-state index contributed by atoms with van der Waals surface area (Å²) in [6.45, 7) is 4.78. The molecule has 1 aliphatic heterocycles. The molecule has 0 aliphatic carbocycles. The van der Waals surface area contributed by atoms with Crippen LogP contribution in [0.3, 0.4) is 0 Å². The molecule has 64 valence electrons. The molecule has 2 nitrogen and oxygen atoms in total. The van der Waals surface area contributed by atoms with E-state index in [1.165, 1.54) is 12.8 Å². The van der Waals surface area contributed by atoms with Gasteiger partial charge in [0.15, 0.2) is 0 Å². The monoisotopic (exact) mass is 155 g/mol. The first kappa shape index (κ1) is 8.72. The molecule has 0 aromatic heterocycles. The summed E-state index contributed by atoms with van der Waals surface area (Å²) in [5.41, 5.74) is 0. The van der Waals surface area contributed by atoms with Crippen molar-refractivity contribution in [2.45, 2.75) is 39.2 Å². The summed E-state index contributed by atoms with van der Waals surface area (Å²) >= 11 is 0. The maximum atomic E-state index is 11.0. The summed E-state index contributed by atoms with van der Waals surface area (Å²) in [5, 5.41) is 3.37. The van der Waals surface area contributed by atoms with Crippen molar-refractivity contribution >= 4 is 5.78 Å². The lowest BCUT2D eigenvalue weighted by atomic mass is 10.00. The van der Waals surface area contributed by atoms with Crippen molar-refractivity contribution in [1.29, 1.82) is 0 Å². The Morgan fingerprint density at radius 3 is 2.82 bits per heavy atom. The maximum absolute atomic E-state index is 11.0. The minimum Gasteiger partial charge on any atom is -0.313 e. The molecule has 2 atom stereocenters. The molecule has 1 heterocycles. The van der Waals surface area contributed by atoms with E-state index in [1.54, 1.807) is 6.92 Å². The Balaban J connectivity index is 2.29. The molecule has 0 saturated carbocycles. The molecule has 2 heteroatoms. The van der Waals surface area contributed by atoms with Crippen LogP contribution < -0.4 is 5.32 Å². The zero-order valence-electron chi connectivity index (χ0n) is 7.39. The van der Waals surface area contributed by atoms with Crippen LogP contribution in [0.25, 0.3) is 0 Å². The molecule has 0 radical (unpaired) electrons. The summed E-state index contributed by atoms with van der Waals surface area (Å²) in [4.78, 5) is 11.0. The molecule has 0 aromatic rings. The fourth-order valence-corrected chi connectivity index (χ4v) is 1.70. The average molecular weight is 155 g/mol. The van der Waals surface area contributed by atoms with Crippen molar-refractivity contribution in [2.24, 2.45) is 5.92 Å². The van der Waals surface area contributed by atoms with E-state index in [0.29, 0.717) is 17.7 Å². The fourth-order valence-electron chi connectivity index (χ4n) is 1.70. The molecular formula is C9H17NO. The number of carbonyl (C=O) groups is 1. The van der Waals surface area contributed by atoms with E-state index in [0.717, 1.165) is 13.0 Å². The molecule has 0 spiro atoms. The van der Waals surface area contributed by atoms with Crippen LogP contribution >= 0.6 is 0 Å². The molecule has 0 amide bonds. The summed E-state index contributed by atoms with van der Waals surface area (Å²) in [6, 6.07) is 0.605. The van der Waals surface area contributed by atoms with E-state index in [-0.39, 0.29) is 0 Å². The van der Waals surface area contributed by atoms with Gasteiger partial charge in [0, 0.05) is 18.5 Å². The van der Waals surface area contributed by atoms with Gasteiger partial charge in [0.1, 0.15) is 5.78 Å². The SMILES string of the molecule is CCCC1CC(C(C)=O)CN1. The Labute approximate surface area is 68.4 Å². The van der Waals surface area contributed by atoms with Crippen molar-refractivity contribution in [3.63, 3.8) is 0 Å². The average Bonchev–Trinajstić information content (AvgIpc) is 2.37. The van der Waals surface area contributed by atoms with Gasteiger partial charge in [-0.15, -0.1) is 0 Å². The maximum Gasteiger partial charge on any atom is 0.134 e. The highest BCUT2D eigenvalue weighted by Crippen LogP contribution is 2.17. The van der Waals surface area contributed by atoms with Crippen LogP contribution in [-0.2, 0) is 4.79 Å². The first-order valence-electron chi connectivity index (χ1n) is 4.48. The van der Waals surface area contributed by atoms with Gasteiger partial charge >= 0.3 is 0 Å². The van der Waals surface area contributed by atoms with Gasteiger partial charge in [-0.3, -0.25) is 4.79 Å². The molecule has 1 saturated heterocycles. The van der Waals surface area contributed by atoms with Gasteiger partial charge in [-0.1, -0.05) is 13.3 Å². The minimum absolute atomic E-state index is 0.298. The number of hydrogen-bond acceptors (Lipinski definition) is 2. The second kappa shape index (κ2) is 3.86. The van der Waals surface area contributed by atoms with Crippen molar-refractivity contribution in [3.8, 4) is 0 Å². The van der Waals surface area contributed by atoms with Crippen LogP contribution in [0.5, 0.6) is 0 Å². The van der Waals surface area contributed by atoms with Gasteiger partial charge in [-0.05, 0) is 19.8 Å². The lowest BCUT2D eigenvalue weighted by Crippen LogP contribution is -2.20. The van der Waals surface area contributed by atoms with E-state index < -0.39 is 0 Å². The Kier molecular flexibility index (Phi) is 3.06. The van der Waals surface area contributed by atoms with Crippen LogP contribution in [0.1, 0.15) is 33.1 Å². The topological polar surface area (TPSA) is 29.1 Å². The third-order valence-electron chi connectivity index (χ3n) is 2.43. The quantitative estimate of drug-likeness (QED) is 0.666. The number of ketones is 1. The number of Topliss-reactive ketones (excluding diaryl/α,β-unsaturated/α-hetero) is 1. The third kappa shape index (κ3) is 2.29. The largest absolute Gasteiger partial charge is 0.313 e. The summed E-state index contributed by atoms with van der Waals surface area (Å²) in [7, 11) is 0. The highest BCUT2D eigenvalue weighted by Gasteiger charge is 2.25. The summed E-state index contributed by atoms with van der Waals surface area (Å²) in [6.07, 6.45) is 3.48. The molecular weight excluding hydrogens is 138 g/mol. The molecule has 1 N–H and O–H groups in total. The van der Waals surface area contributed by atoms with Gasteiger partial charge in [-0.2, -0.15) is 0 Å². The highest BCUT2D eigenvalue weighted by atomic mass is 16.1. The molecule has 1 aliphatic rings. The summed E-state index contributed by atoms with van der Waals surface area (Å²) in [5.74, 6) is 0.641. The van der Waals surface area contributed by atoms with Crippen LogP contribution in [0.15, 0.2) is 0 Å². The standard InChI is InChI=1S/C9H17NO/c1-3-4-9-5-8(6-10-9)7(2)11/h8-10H,3-6H2,1-2H3. The van der Waals surface area contributed by atoms with Crippen LogP contribution in [0.4, 0.5) is 0 Å². The van der Waals surface area contributed by atoms with E-state index in [9.17, 15) is 4.79 Å². The first-order valence-corrected chi connectivity index (χ1v) is 4.48.